The van der Waals surface area contributed by atoms with E-state index in [0.717, 1.165) is 13.0 Å². The van der Waals surface area contributed by atoms with E-state index in [1.54, 1.807) is 0 Å². The maximum atomic E-state index is 3.76. The molecule has 1 N–H and O–H groups in total. The molecule has 0 spiro atoms. The summed E-state index contributed by atoms with van der Waals surface area (Å²) in [4.78, 5) is 0. The molecule has 1 nitrogen and oxygen atoms in total. The van der Waals surface area contributed by atoms with Crippen LogP contribution < -0.4 is 5.32 Å². The molecule has 0 rings (SSSR count). The van der Waals surface area contributed by atoms with Gasteiger partial charge >= 0.3 is 0 Å². The first-order valence-corrected chi connectivity index (χ1v) is 5.36. The van der Waals surface area contributed by atoms with Crippen LogP contribution >= 0.6 is 0 Å². The molecule has 0 bridgehead atoms. The molecule has 0 aromatic rings. The van der Waals surface area contributed by atoms with Gasteiger partial charge < -0.3 is 5.32 Å². The Kier molecular flexibility index (Phi) is 6.06. The molecule has 1 heteroatoms. The lowest BCUT2D eigenvalue weighted by Gasteiger charge is -2.28. The molecule has 0 saturated heterocycles. The minimum atomic E-state index is 0.440. The Labute approximate surface area is 83.6 Å². The Morgan fingerprint density at radius 1 is 1.46 bits per heavy atom. The van der Waals surface area contributed by atoms with Crippen molar-refractivity contribution in [1.29, 1.82) is 0 Å². The first-order valence-electron chi connectivity index (χ1n) is 5.36. The molecule has 0 saturated carbocycles. The fourth-order valence-corrected chi connectivity index (χ4v) is 1.84. The van der Waals surface area contributed by atoms with Crippen molar-refractivity contribution in [3.63, 3.8) is 0 Å². The minimum Gasteiger partial charge on any atom is -0.315 e. The lowest BCUT2D eigenvalue weighted by Crippen LogP contribution is -2.31. The third-order valence-corrected chi connectivity index (χ3v) is 2.44. The SMILES string of the molecule is C=CCCC(C)(C)CC(C)NCC. The first-order chi connectivity index (χ1) is 6.02. The van der Waals surface area contributed by atoms with Crippen LogP contribution in [0.3, 0.4) is 0 Å². The summed E-state index contributed by atoms with van der Waals surface area (Å²) in [6, 6.07) is 0.629. The number of hydrogen-bond acceptors (Lipinski definition) is 1. The molecule has 0 aromatic carbocycles. The van der Waals surface area contributed by atoms with Crippen LogP contribution in [0, 0.1) is 5.41 Å². The summed E-state index contributed by atoms with van der Waals surface area (Å²) >= 11 is 0. The summed E-state index contributed by atoms with van der Waals surface area (Å²) in [7, 11) is 0. The molecule has 0 fully saturated rings. The van der Waals surface area contributed by atoms with Crippen LogP contribution in [0.4, 0.5) is 0 Å². The van der Waals surface area contributed by atoms with E-state index in [1.807, 2.05) is 6.08 Å². The van der Waals surface area contributed by atoms with Crippen molar-refractivity contribution >= 4 is 0 Å². The van der Waals surface area contributed by atoms with Gasteiger partial charge in [-0.15, -0.1) is 6.58 Å². The van der Waals surface area contributed by atoms with Gasteiger partial charge in [-0.2, -0.15) is 0 Å². The van der Waals surface area contributed by atoms with E-state index in [-0.39, 0.29) is 0 Å². The predicted octanol–water partition coefficient (Wildman–Crippen LogP) is 3.37. The van der Waals surface area contributed by atoms with Gasteiger partial charge in [0.05, 0.1) is 0 Å². The number of hydrogen-bond donors (Lipinski definition) is 1. The maximum absolute atomic E-state index is 3.76. The average molecular weight is 183 g/mol. The molecule has 1 unspecified atom stereocenters. The van der Waals surface area contributed by atoms with Crippen molar-refractivity contribution in [3.05, 3.63) is 12.7 Å². The van der Waals surface area contributed by atoms with Gasteiger partial charge in [0, 0.05) is 6.04 Å². The second-order valence-electron chi connectivity index (χ2n) is 4.65. The Morgan fingerprint density at radius 3 is 2.54 bits per heavy atom. The van der Waals surface area contributed by atoms with Gasteiger partial charge in [-0.05, 0) is 38.1 Å². The van der Waals surface area contributed by atoms with Gasteiger partial charge in [0.2, 0.25) is 0 Å². The fraction of sp³-hybridized carbons (Fsp3) is 0.833. The summed E-state index contributed by atoms with van der Waals surface area (Å²) in [5, 5.41) is 3.45. The highest BCUT2D eigenvalue weighted by Crippen LogP contribution is 2.28. The second-order valence-corrected chi connectivity index (χ2v) is 4.65. The van der Waals surface area contributed by atoms with Crippen LogP contribution in [0.2, 0.25) is 0 Å². The molecule has 1 atom stereocenters. The molecule has 0 aliphatic heterocycles. The van der Waals surface area contributed by atoms with Crippen LogP contribution in [0.1, 0.15) is 47.0 Å². The normalized spacial score (nSPS) is 14.2. The zero-order valence-corrected chi connectivity index (χ0v) is 9.69. The van der Waals surface area contributed by atoms with Crippen LogP contribution in [0.15, 0.2) is 12.7 Å². The zero-order chi connectivity index (χ0) is 10.3. The molecule has 0 aliphatic rings. The lowest BCUT2D eigenvalue weighted by molar-refractivity contribution is 0.272. The van der Waals surface area contributed by atoms with Crippen molar-refractivity contribution in [2.75, 3.05) is 6.54 Å². The van der Waals surface area contributed by atoms with Crippen molar-refractivity contribution in [3.8, 4) is 0 Å². The Morgan fingerprint density at radius 2 is 2.08 bits per heavy atom. The van der Waals surface area contributed by atoms with Crippen LogP contribution in [0.5, 0.6) is 0 Å². The average Bonchev–Trinajstić information content (AvgIpc) is 2.00. The van der Waals surface area contributed by atoms with Crippen molar-refractivity contribution in [2.24, 2.45) is 5.41 Å². The van der Waals surface area contributed by atoms with Gasteiger partial charge in [0.15, 0.2) is 0 Å². The first kappa shape index (κ1) is 12.7. The third kappa shape index (κ3) is 6.83. The Balaban J connectivity index is 3.77. The zero-order valence-electron chi connectivity index (χ0n) is 9.69. The molecular formula is C12H25N. The van der Waals surface area contributed by atoms with Gasteiger partial charge in [-0.3, -0.25) is 0 Å². The minimum absolute atomic E-state index is 0.440. The van der Waals surface area contributed by atoms with E-state index in [4.69, 9.17) is 0 Å². The number of nitrogens with one attached hydrogen (secondary N) is 1. The molecule has 13 heavy (non-hydrogen) atoms. The van der Waals surface area contributed by atoms with E-state index < -0.39 is 0 Å². The maximum Gasteiger partial charge on any atom is 0.00436 e. The lowest BCUT2D eigenvalue weighted by atomic mass is 9.82. The number of rotatable bonds is 7. The van der Waals surface area contributed by atoms with E-state index in [0.29, 0.717) is 11.5 Å². The molecular weight excluding hydrogens is 158 g/mol. The topological polar surface area (TPSA) is 12.0 Å². The fourth-order valence-electron chi connectivity index (χ4n) is 1.84. The van der Waals surface area contributed by atoms with Crippen molar-refractivity contribution in [2.45, 2.75) is 53.0 Å². The smallest absolute Gasteiger partial charge is 0.00436 e. The van der Waals surface area contributed by atoms with Crippen LogP contribution in [0.25, 0.3) is 0 Å². The second kappa shape index (κ2) is 6.20. The van der Waals surface area contributed by atoms with Crippen molar-refractivity contribution in [1.82, 2.24) is 5.32 Å². The van der Waals surface area contributed by atoms with E-state index in [1.165, 1.54) is 12.8 Å². The summed E-state index contributed by atoms with van der Waals surface area (Å²) in [6.45, 7) is 13.9. The highest BCUT2D eigenvalue weighted by molar-refractivity contribution is 4.78. The highest BCUT2D eigenvalue weighted by Gasteiger charge is 2.19. The van der Waals surface area contributed by atoms with Gasteiger partial charge in [-0.1, -0.05) is 26.8 Å². The third-order valence-electron chi connectivity index (χ3n) is 2.44. The van der Waals surface area contributed by atoms with E-state index >= 15 is 0 Å². The summed E-state index contributed by atoms with van der Waals surface area (Å²) in [5.74, 6) is 0. The Bertz CT molecular complexity index is 138. The van der Waals surface area contributed by atoms with Crippen LogP contribution in [-0.2, 0) is 0 Å². The molecule has 0 radical (unpaired) electrons. The standard InChI is InChI=1S/C12H25N/c1-6-8-9-12(4,5)10-11(3)13-7-2/h6,11,13H,1,7-10H2,2-5H3. The van der Waals surface area contributed by atoms with E-state index in [2.05, 4.69) is 39.6 Å². The van der Waals surface area contributed by atoms with Crippen molar-refractivity contribution < 1.29 is 0 Å². The van der Waals surface area contributed by atoms with Gasteiger partial charge in [-0.25, -0.2) is 0 Å². The monoisotopic (exact) mass is 183 g/mol. The predicted molar refractivity (Wildman–Crippen MR) is 61.0 cm³/mol. The quantitative estimate of drug-likeness (QED) is 0.597. The van der Waals surface area contributed by atoms with E-state index in [9.17, 15) is 0 Å². The molecule has 0 amide bonds. The Hall–Kier alpha value is -0.300. The summed E-state index contributed by atoms with van der Waals surface area (Å²) < 4.78 is 0. The van der Waals surface area contributed by atoms with Crippen LogP contribution in [-0.4, -0.2) is 12.6 Å². The van der Waals surface area contributed by atoms with Gasteiger partial charge in [0.25, 0.3) is 0 Å². The molecule has 0 heterocycles. The largest absolute Gasteiger partial charge is 0.315 e. The summed E-state index contributed by atoms with van der Waals surface area (Å²) in [6.07, 6.45) is 5.63. The molecule has 0 aromatic heterocycles. The number of allylic oxidation sites excluding steroid dienone is 1. The van der Waals surface area contributed by atoms with Gasteiger partial charge in [0.1, 0.15) is 0 Å². The summed E-state index contributed by atoms with van der Waals surface area (Å²) in [5.41, 5.74) is 0.440. The highest BCUT2D eigenvalue weighted by atomic mass is 14.9. The molecule has 78 valence electrons. The molecule has 0 aliphatic carbocycles.